The van der Waals surface area contributed by atoms with E-state index in [1.807, 2.05) is 23.9 Å². The molecule has 6 heteroatoms. The average Bonchev–Trinajstić information content (AvgIpc) is 3.05. The molecule has 2 rings (SSSR count). The fourth-order valence-corrected chi connectivity index (χ4v) is 3.19. The van der Waals surface area contributed by atoms with E-state index in [2.05, 4.69) is 15.7 Å². The van der Waals surface area contributed by atoms with Gasteiger partial charge in [0.25, 0.3) is 0 Å². The summed E-state index contributed by atoms with van der Waals surface area (Å²) in [6.45, 7) is 3.32. The number of carbonyl (C=O) groups is 1. The SMILES string of the molecule is C[C@@](CO)(NC(=O)NCCCn1cccn1)C1CCCCC1. The summed E-state index contributed by atoms with van der Waals surface area (Å²) in [4.78, 5) is 12.1. The molecule has 0 saturated heterocycles. The van der Waals surface area contributed by atoms with E-state index in [9.17, 15) is 9.90 Å². The van der Waals surface area contributed by atoms with Crippen molar-refractivity contribution in [2.24, 2.45) is 5.92 Å². The molecule has 0 unspecified atom stereocenters. The van der Waals surface area contributed by atoms with Crippen LogP contribution in [-0.4, -0.2) is 39.6 Å². The topological polar surface area (TPSA) is 79.2 Å². The number of rotatable bonds is 7. The first kappa shape index (κ1) is 16.8. The number of hydrogen-bond donors (Lipinski definition) is 3. The molecular formula is C16H28N4O2. The highest BCUT2D eigenvalue weighted by atomic mass is 16.3. The molecule has 124 valence electrons. The lowest BCUT2D eigenvalue weighted by molar-refractivity contribution is 0.101. The minimum Gasteiger partial charge on any atom is -0.394 e. The zero-order valence-electron chi connectivity index (χ0n) is 13.4. The Bertz CT molecular complexity index is 443. The fourth-order valence-electron chi connectivity index (χ4n) is 3.19. The maximum absolute atomic E-state index is 12.1. The summed E-state index contributed by atoms with van der Waals surface area (Å²) >= 11 is 0. The smallest absolute Gasteiger partial charge is 0.315 e. The molecule has 1 fully saturated rings. The van der Waals surface area contributed by atoms with Gasteiger partial charge in [0.15, 0.2) is 0 Å². The van der Waals surface area contributed by atoms with Crippen LogP contribution >= 0.6 is 0 Å². The first-order valence-electron chi connectivity index (χ1n) is 8.28. The molecule has 1 heterocycles. The van der Waals surface area contributed by atoms with Crippen molar-refractivity contribution in [3.63, 3.8) is 0 Å². The quantitative estimate of drug-likeness (QED) is 0.673. The molecule has 1 saturated carbocycles. The van der Waals surface area contributed by atoms with Crippen LogP contribution in [0.5, 0.6) is 0 Å². The van der Waals surface area contributed by atoms with Crippen LogP contribution in [0.2, 0.25) is 0 Å². The van der Waals surface area contributed by atoms with Crippen LogP contribution in [0.3, 0.4) is 0 Å². The summed E-state index contributed by atoms with van der Waals surface area (Å²) in [6.07, 6.45) is 10.3. The average molecular weight is 308 g/mol. The molecule has 1 aromatic rings. The predicted molar refractivity (Wildman–Crippen MR) is 85.4 cm³/mol. The molecule has 3 N–H and O–H groups in total. The summed E-state index contributed by atoms with van der Waals surface area (Å²) in [5.74, 6) is 0.362. The van der Waals surface area contributed by atoms with E-state index in [-0.39, 0.29) is 12.6 Å². The molecule has 1 aliphatic rings. The summed E-state index contributed by atoms with van der Waals surface area (Å²) in [6, 6.07) is 1.69. The number of aromatic nitrogens is 2. The normalized spacial score (nSPS) is 18.6. The van der Waals surface area contributed by atoms with Crippen molar-refractivity contribution >= 4 is 6.03 Å². The molecule has 0 radical (unpaired) electrons. The van der Waals surface area contributed by atoms with Crippen LogP contribution in [0.4, 0.5) is 4.79 Å². The van der Waals surface area contributed by atoms with Gasteiger partial charge in [-0.15, -0.1) is 0 Å². The lowest BCUT2D eigenvalue weighted by Gasteiger charge is -2.39. The monoisotopic (exact) mass is 308 g/mol. The van der Waals surface area contributed by atoms with Crippen molar-refractivity contribution in [1.29, 1.82) is 0 Å². The summed E-state index contributed by atoms with van der Waals surface area (Å²) in [7, 11) is 0. The van der Waals surface area contributed by atoms with E-state index in [4.69, 9.17) is 0 Å². The van der Waals surface area contributed by atoms with E-state index in [0.29, 0.717) is 12.5 Å². The van der Waals surface area contributed by atoms with Gasteiger partial charge in [0.05, 0.1) is 12.1 Å². The molecule has 1 atom stereocenters. The Morgan fingerprint density at radius 1 is 1.41 bits per heavy atom. The van der Waals surface area contributed by atoms with Gasteiger partial charge in [0.1, 0.15) is 0 Å². The standard InChI is InChI=1S/C16H28N4O2/c1-16(13-21,14-7-3-2-4-8-14)19-15(22)17-9-5-11-20-12-6-10-18-20/h6,10,12,14,21H,2-5,7-9,11,13H2,1H3,(H2,17,19,22)/t16-/m0/s1. The Balaban J connectivity index is 1.71. The van der Waals surface area contributed by atoms with Gasteiger partial charge in [0.2, 0.25) is 0 Å². The molecular weight excluding hydrogens is 280 g/mol. The predicted octanol–water partition coefficient (Wildman–Crippen LogP) is 1.90. The van der Waals surface area contributed by atoms with Crippen LogP contribution in [0.15, 0.2) is 18.5 Å². The molecule has 22 heavy (non-hydrogen) atoms. The molecule has 1 aliphatic carbocycles. The van der Waals surface area contributed by atoms with Crippen LogP contribution in [0.25, 0.3) is 0 Å². The second-order valence-corrected chi connectivity index (χ2v) is 6.41. The van der Waals surface area contributed by atoms with Gasteiger partial charge in [-0.1, -0.05) is 19.3 Å². The van der Waals surface area contributed by atoms with Gasteiger partial charge in [-0.25, -0.2) is 4.79 Å². The number of hydrogen-bond acceptors (Lipinski definition) is 3. The van der Waals surface area contributed by atoms with Gasteiger partial charge >= 0.3 is 6.03 Å². The molecule has 0 bridgehead atoms. The van der Waals surface area contributed by atoms with E-state index < -0.39 is 5.54 Å². The lowest BCUT2D eigenvalue weighted by atomic mass is 9.76. The van der Waals surface area contributed by atoms with Crippen molar-refractivity contribution in [1.82, 2.24) is 20.4 Å². The second kappa shape index (κ2) is 8.17. The van der Waals surface area contributed by atoms with Gasteiger partial charge in [-0.2, -0.15) is 5.10 Å². The number of aliphatic hydroxyl groups excluding tert-OH is 1. The Morgan fingerprint density at radius 3 is 2.82 bits per heavy atom. The maximum atomic E-state index is 12.1. The fraction of sp³-hybridized carbons (Fsp3) is 0.750. The third-order valence-electron chi connectivity index (χ3n) is 4.64. The highest BCUT2D eigenvalue weighted by Gasteiger charge is 2.35. The second-order valence-electron chi connectivity index (χ2n) is 6.41. The number of urea groups is 1. The molecule has 6 nitrogen and oxygen atoms in total. The zero-order chi connectivity index (χ0) is 15.8. The van der Waals surface area contributed by atoms with Gasteiger partial charge < -0.3 is 15.7 Å². The van der Waals surface area contributed by atoms with E-state index in [1.54, 1.807) is 6.20 Å². The van der Waals surface area contributed by atoms with Crippen LogP contribution in [0, 0.1) is 5.92 Å². The highest BCUT2D eigenvalue weighted by Crippen LogP contribution is 2.32. The number of aryl methyl sites for hydroxylation is 1. The Kier molecular flexibility index (Phi) is 6.24. The summed E-state index contributed by atoms with van der Waals surface area (Å²) in [5, 5.41) is 19.7. The van der Waals surface area contributed by atoms with Crippen molar-refractivity contribution in [2.45, 2.75) is 57.5 Å². The van der Waals surface area contributed by atoms with Gasteiger partial charge in [-0.3, -0.25) is 4.68 Å². The van der Waals surface area contributed by atoms with E-state index in [1.165, 1.54) is 19.3 Å². The van der Waals surface area contributed by atoms with Crippen molar-refractivity contribution < 1.29 is 9.90 Å². The summed E-state index contributed by atoms with van der Waals surface area (Å²) in [5.41, 5.74) is -0.521. The van der Waals surface area contributed by atoms with E-state index >= 15 is 0 Å². The Hall–Kier alpha value is -1.56. The lowest BCUT2D eigenvalue weighted by Crippen LogP contribution is -2.57. The van der Waals surface area contributed by atoms with Crippen molar-refractivity contribution in [3.8, 4) is 0 Å². The minimum absolute atomic E-state index is 0.0155. The molecule has 2 amide bonds. The minimum atomic E-state index is -0.521. The molecule has 0 aliphatic heterocycles. The third-order valence-corrected chi connectivity index (χ3v) is 4.64. The first-order chi connectivity index (χ1) is 10.6. The van der Waals surface area contributed by atoms with Crippen molar-refractivity contribution in [3.05, 3.63) is 18.5 Å². The molecule has 1 aromatic heterocycles. The number of nitrogens with one attached hydrogen (secondary N) is 2. The van der Waals surface area contributed by atoms with Gasteiger partial charge in [-0.05, 0) is 38.2 Å². The number of nitrogens with zero attached hydrogens (tertiary/aromatic N) is 2. The number of carbonyl (C=O) groups excluding carboxylic acids is 1. The Morgan fingerprint density at radius 2 is 2.18 bits per heavy atom. The Labute approximate surface area is 132 Å². The summed E-state index contributed by atoms with van der Waals surface area (Å²) < 4.78 is 1.85. The zero-order valence-corrected chi connectivity index (χ0v) is 13.4. The number of amides is 2. The maximum Gasteiger partial charge on any atom is 0.315 e. The van der Waals surface area contributed by atoms with Crippen LogP contribution in [-0.2, 0) is 6.54 Å². The number of aliphatic hydroxyl groups is 1. The van der Waals surface area contributed by atoms with Crippen LogP contribution in [0.1, 0.15) is 45.4 Å². The highest BCUT2D eigenvalue weighted by molar-refractivity contribution is 5.74. The van der Waals surface area contributed by atoms with E-state index in [0.717, 1.165) is 25.8 Å². The van der Waals surface area contributed by atoms with Crippen molar-refractivity contribution in [2.75, 3.05) is 13.2 Å². The molecule has 0 spiro atoms. The van der Waals surface area contributed by atoms with Gasteiger partial charge in [0, 0.05) is 25.5 Å². The molecule has 0 aromatic carbocycles. The largest absolute Gasteiger partial charge is 0.394 e. The van der Waals surface area contributed by atoms with Crippen LogP contribution < -0.4 is 10.6 Å². The first-order valence-corrected chi connectivity index (χ1v) is 8.28. The third kappa shape index (κ3) is 4.73.